The lowest BCUT2D eigenvalue weighted by atomic mass is 10.1. The monoisotopic (exact) mass is 179 g/mol. The van der Waals surface area contributed by atoms with E-state index in [0.717, 1.165) is 11.3 Å². The fourth-order valence-corrected chi connectivity index (χ4v) is 1.93. The molecule has 1 aromatic carbocycles. The van der Waals surface area contributed by atoms with Gasteiger partial charge in [0.15, 0.2) is 0 Å². The molecule has 1 atom stereocenters. The highest BCUT2D eigenvalue weighted by Gasteiger charge is 2.22. The Labute approximate surface area is 75.4 Å². The third kappa shape index (κ3) is 1.46. The third-order valence-electron chi connectivity index (χ3n) is 1.79. The van der Waals surface area contributed by atoms with Gasteiger partial charge < -0.3 is 4.74 Å². The number of ether oxygens (including phenoxy) is 1. The minimum Gasteiger partial charge on any atom is -0.464 e. The van der Waals surface area contributed by atoms with Crippen molar-refractivity contribution in [2.24, 2.45) is 0 Å². The molecule has 1 fully saturated rings. The van der Waals surface area contributed by atoms with E-state index in [4.69, 9.17) is 10.1 Å². The van der Waals surface area contributed by atoms with Crippen LogP contribution < -0.4 is 0 Å². The molecule has 0 aliphatic carbocycles. The normalized spacial score (nSPS) is 22.3. The minimum absolute atomic E-state index is 0.0868. The summed E-state index contributed by atoms with van der Waals surface area (Å²) in [6, 6.07) is 10.0. The summed E-state index contributed by atoms with van der Waals surface area (Å²) >= 11 is 1.46. The van der Waals surface area contributed by atoms with Crippen LogP contribution in [0.3, 0.4) is 0 Å². The van der Waals surface area contributed by atoms with Crippen molar-refractivity contribution in [3.05, 3.63) is 35.9 Å². The van der Waals surface area contributed by atoms with Gasteiger partial charge in [-0.25, -0.2) is 0 Å². The smallest absolute Gasteiger partial charge is 0.243 e. The van der Waals surface area contributed by atoms with Crippen molar-refractivity contribution in [1.29, 1.82) is 5.41 Å². The largest absolute Gasteiger partial charge is 0.464 e. The van der Waals surface area contributed by atoms with E-state index in [1.165, 1.54) is 11.8 Å². The molecule has 0 bridgehead atoms. The SMILES string of the molecule is N=C1O[C@H](c2ccccc2)CS1. The fraction of sp³-hybridized carbons (Fsp3) is 0.222. The molecule has 2 nitrogen and oxygen atoms in total. The lowest BCUT2D eigenvalue weighted by Crippen LogP contribution is -1.99. The van der Waals surface area contributed by atoms with Gasteiger partial charge in [0.2, 0.25) is 5.23 Å². The van der Waals surface area contributed by atoms with Crippen LogP contribution in [-0.4, -0.2) is 11.0 Å². The van der Waals surface area contributed by atoms with Gasteiger partial charge >= 0.3 is 0 Å². The van der Waals surface area contributed by atoms with E-state index in [1.807, 2.05) is 30.3 Å². The van der Waals surface area contributed by atoms with Crippen LogP contribution in [0, 0.1) is 5.41 Å². The van der Waals surface area contributed by atoms with Gasteiger partial charge in [0.05, 0.1) is 0 Å². The Balaban J connectivity index is 2.16. The van der Waals surface area contributed by atoms with Crippen molar-refractivity contribution >= 4 is 17.0 Å². The van der Waals surface area contributed by atoms with E-state index in [0.29, 0.717) is 5.23 Å². The predicted octanol–water partition coefficient (Wildman–Crippen LogP) is 2.43. The molecule has 12 heavy (non-hydrogen) atoms. The molecule has 1 aliphatic rings. The summed E-state index contributed by atoms with van der Waals surface area (Å²) in [5.41, 5.74) is 1.16. The van der Waals surface area contributed by atoms with Crippen LogP contribution in [0.25, 0.3) is 0 Å². The molecule has 0 amide bonds. The van der Waals surface area contributed by atoms with Crippen LogP contribution in [0.2, 0.25) is 0 Å². The van der Waals surface area contributed by atoms with Crippen LogP contribution in [0.5, 0.6) is 0 Å². The first-order chi connectivity index (χ1) is 5.86. The Bertz CT molecular complexity index is 286. The molecule has 0 unspecified atom stereocenters. The Hall–Kier alpha value is -0.960. The van der Waals surface area contributed by atoms with Gasteiger partial charge in [-0.3, -0.25) is 5.41 Å². The van der Waals surface area contributed by atoms with Gasteiger partial charge in [0, 0.05) is 5.75 Å². The topological polar surface area (TPSA) is 33.1 Å². The maximum absolute atomic E-state index is 7.27. The summed E-state index contributed by atoms with van der Waals surface area (Å²) in [4.78, 5) is 0. The molecule has 0 aromatic heterocycles. The summed E-state index contributed by atoms with van der Waals surface area (Å²) in [6.45, 7) is 0. The van der Waals surface area contributed by atoms with E-state index in [1.54, 1.807) is 0 Å². The summed E-state index contributed by atoms with van der Waals surface area (Å²) in [5.74, 6) is 0.864. The number of hydrogen-bond donors (Lipinski definition) is 1. The summed E-state index contributed by atoms with van der Waals surface area (Å²) in [6.07, 6.45) is 0.0868. The lowest BCUT2D eigenvalue weighted by Gasteiger charge is -2.07. The van der Waals surface area contributed by atoms with Crippen molar-refractivity contribution in [2.45, 2.75) is 6.10 Å². The zero-order valence-electron chi connectivity index (χ0n) is 6.49. The number of nitrogens with one attached hydrogen (secondary N) is 1. The Morgan fingerprint density at radius 1 is 1.33 bits per heavy atom. The van der Waals surface area contributed by atoms with Crippen LogP contribution in [0.4, 0.5) is 0 Å². The van der Waals surface area contributed by atoms with Crippen LogP contribution in [-0.2, 0) is 4.74 Å². The van der Waals surface area contributed by atoms with Gasteiger partial charge in [-0.1, -0.05) is 42.1 Å². The zero-order chi connectivity index (χ0) is 8.39. The molecule has 2 rings (SSSR count). The zero-order valence-corrected chi connectivity index (χ0v) is 7.30. The number of hydrogen-bond acceptors (Lipinski definition) is 3. The predicted molar refractivity (Wildman–Crippen MR) is 50.5 cm³/mol. The Morgan fingerprint density at radius 3 is 2.67 bits per heavy atom. The number of thioether (sulfide) groups is 1. The van der Waals surface area contributed by atoms with Crippen LogP contribution >= 0.6 is 11.8 Å². The van der Waals surface area contributed by atoms with Crippen molar-refractivity contribution in [1.82, 2.24) is 0 Å². The average Bonchev–Trinajstić information content (AvgIpc) is 2.54. The van der Waals surface area contributed by atoms with Crippen LogP contribution in [0.1, 0.15) is 11.7 Å². The maximum atomic E-state index is 7.27. The molecule has 62 valence electrons. The maximum Gasteiger partial charge on any atom is 0.243 e. The minimum atomic E-state index is 0.0868. The first kappa shape index (κ1) is 7.68. The molecule has 1 heterocycles. The standard InChI is InChI=1S/C9H9NOS/c10-9-11-8(6-12-9)7-4-2-1-3-5-7/h1-5,8,10H,6H2/t8-/m0/s1. The summed E-state index contributed by atoms with van der Waals surface area (Å²) in [7, 11) is 0. The van der Waals surface area contributed by atoms with Gasteiger partial charge in [0.25, 0.3) is 0 Å². The highest BCUT2D eigenvalue weighted by Crippen LogP contribution is 2.30. The highest BCUT2D eigenvalue weighted by molar-refractivity contribution is 8.13. The summed E-state index contributed by atoms with van der Waals surface area (Å²) < 4.78 is 5.29. The number of rotatable bonds is 1. The van der Waals surface area contributed by atoms with Crippen molar-refractivity contribution in [3.8, 4) is 0 Å². The van der Waals surface area contributed by atoms with Crippen LogP contribution in [0.15, 0.2) is 30.3 Å². The van der Waals surface area contributed by atoms with Crippen molar-refractivity contribution < 1.29 is 4.74 Å². The molecule has 1 saturated heterocycles. The van der Waals surface area contributed by atoms with E-state index in [2.05, 4.69) is 0 Å². The molecule has 1 aliphatic heterocycles. The second-order valence-corrected chi connectivity index (χ2v) is 3.61. The molecular formula is C9H9NOS. The average molecular weight is 179 g/mol. The first-order valence-corrected chi connectivity index (χ1v) is 4.78. The molecule has 1 aromatic rings. The van der Waals surface area contributed by atoms with E-state index in [-0.39, 0.29) is 6.10 Å². The fourth-order valence-electron chi connectivity index (χ4n) is 1.18. The molecule has 0 radical (unpaired) electrons. The number of benzene rings is 1. The van der Waals surface area contributed by atoms with Gasteiger partial charge in [-0.05, 0) is 5.56 Å². The first-order valence-electron chi connectivity index (χ1n) is 3.79. The molecule has 1 N–H and O–H groups in total. The Morgan fingerprint density at radius 2 is 2.08 bits per heavy atom. The lowest BCUT2D eigenvalue weighted by molar-refractivity contribution is 0.234. The molecule has 0 spiro atoms. The van der Waals surface area contributed by atoms with E-state index >= 15 is 0 Å². The molecule has 3 heteroatoms. The van der Waals surface area contributed by atoms with Gasteiger partial charge in [-0.15, -0.1) is 0 Å². The highest BCUT2D eigenvalue weighted by atomic mass is 32.2. The second kappa shape index (κ2) is 3.19. The van der Waals surface area contributed by atoms with Crippen molar-refractivity contribution in [2.75, 3.05) is 5.75 Å². The second-order valence-electron chi connectivity index (χ2n) is 2.62. The molecular weight excluding hydrogens is 170 g/mol. The van der Waals surface area contributed by atoms with Gasteiger partial charge in [0.1, 0.15) is 6.10 Å². The Kier molecular flexibility index (Phi) is 2.04. The third-order valence-corrected chi connectivity index (χ3v) is 2.61. The van der Waals surface area contributed by atoms with E-state index in [9.17, 15) is 0 Å². The van der Waals surface area contributed by atoms with Crippen molar-refractivity contribution in [3.63, 3.8) is 0 Å². The van der Waals surface area contributed by atoms with E-state index < -0.39 is 0 Å². The summed E-state index contributed by atoms with van der Waals surface area (Å²) in [5, 5.41) is 7.61. The quantitative estimate of drug-likeness (QED) is 0.718. The molecule has 0 saturated carbocycles. The van der Waals surface area contributed by atoms with Gasteiger partial charge in [-0.2, -0.15) is 0 Å².